The van der Waals surface area contributed by atoms with E-state index in [2.05, 4.69) is 35.2 Å². The van der Waals surface area contributed by atoms with Gasteiger partial charge in [0.15, 0.2) is 5.65 Å². The number of fused-ring (bicyclic) bond motifs is 1. The number of anilines is 1. The summed E-state index contributed by atoms with van der Waals surface area (Å²) in [5.41, 5.74) is 4.29. The van der Waals surface area contributed by atoms with Crippen LogP contribution in [0.15, 0.2) is 102 Å². The average molecular weight is 531 g/mol. The van der Waals surface area contributed by atoms with Gasteiger partial charge in [-0.3, -0.25) is 9.36 Å². The lowest BCUT2D eigenvalue weighted by atomic mass is 9.91. The minimum absolute atomic E-state index is 0.138. The summed E-state index contributed by atoms with van der Waals surface area (Å²) in [6, 6.07) is 29.9. The molecule has 0 saturated carbocycles. The van der Waals surface area contributed by atoms with Gasteiger partial charge in [0.05, 0.1) is 12.8 Å². The van der Waals surface area contributed by atoms with Gasteiger partial charge in [-0.15, -0.1) is 0 Å². The van der Waals surface area contributed by atoms with Crippen LogP contribution in [-0.2, 0) is 6.42 Å². The third kappa shape index (κ3) is 5.34. The van der Waals surface area contributed by atoms with Crippen molar-refractivity contribution in [2.45, 2.75) is 32.1 Å². The molecule has 0 radical (unpaired) electrons. The second-order valence-electron chi connectivity index (χ2n) is 10.5. The van der Waals surface area contributed by atoms with E-state index >= 15 is 0 Å². The molecule has 6 heteroatoms. The van der Waals surface area contributed by atoms with Crippen molar-refractivity contribution in [2.75, 3.05) is 25.1 Å². The van der Waals surface area contributed by atoms with Gasteiger partial charge in [-0.2, -0.15) is 4.98 Å². The van der Waals surface area contributed by atoms with Crippen molar-refractivity contribution in [3.63, 3.8) is 0 Å². The van der Waals surface area contributed by atoms with E-state index in [1.54, 1.807) is 17.7 Å². The highest BCUT2D eigenvalue weighted by atomic mass is 16.5. The third-order valence-electron chi connectivity index (χ3n) is 7.98. The number of methoxy groups -OCH3 is 1. The Hall–Kier alpha value is -4.45. The molecule has 6 rings (SSSR count). The number of hydrogen-bond donors (Lipinski definition) is 0. The van der Waals surface area contributed by atoms with Gasteiger partial charge < -0.3 is 9.64 Å². The van der Waals surface area contributed by atoms with E-state index in [4.69, 9.17) is 14.7 Å². The summed E-state index contributed by atoms with van der Waals surface area (Å²) in [6.07, 6.45) is 7.73. The minimum Gasteiger partial charge on any atom is -0.496 e. The molecule has 3 heterocycles. The maximum atomic E-state index is 13.6. The summed E-state index contributed by atoms with van der Waals surface area (Å²) in [5, 5.41) is 0.813. The first-order valence-corrected chi connectivity index (χ1v) is 14.1. The van der Waals surface area contributed by atoms with Crippen molar-refractivity contribution in [3.05, 3.63) is 113 Å². The first-order chi connectivity index (χ1) is 19.7. The van der Waals surface area contributed by atoms with Crippen LogP contribution >= 0.6 is 0 Å². The fourth-order valence-electron chi connectivity index (χ4n) is 5.82. The molecule has 6 nitrogen and oxygen atoms in total. The Kier molecular flexibility index (Phi) is 7.58. The number of rotatable bonds is 8. The minimum atomic E-state index is -0.138. The highest BCUT2D eigenvalue weighted by Crippen LogP contribution is 2.35. The molecule has 3 aromatic carbocycles. The molecular formula is C34H34N4O2. The van der Waals surface area contributed by atoms with E-state index < -0.39 is 0 Å². The predicted octanol–water partition coefficient (Wildman–Crippen LogP) is 6.70. The van der Waals surface area contributed by atoms with Crippen molar-refractivity contribution >= 4 is 17.0 Å². The molecule has 40 heavy (non-hydrogen) atoms. The van der Waals surface area contributed by atoms with E-state index in [9.17, 15) is 4.79 Å². The van der Waals surface area contributed by atoms with Crippen LogP contribution in [0.2, 0.25) is 0 Å². The first-order valence-electron chi connectivity index (χ1n) is 14.1. The molecule has 1 fully saturated rings. The van der Waals surface area contributed by atoms with Gasteiger partial charge in [0.1, 0.15) is 5.75 Å². The monoisotopic (exact) mass is 530 g/mol. The Labute approximate surface area is 234 Å². The zero-order valence-corrected chi connectivity index (χ0v) is 22.9. The van der Waals surface area contributed by atoms with Gasteiger partial charge in [-0.1, -0.05) is 66.7 Å². The third-order valence-corrected chi connectivity index (χ3v) is 7.98. The molecule has 0 aliphatic carbocycles. The van der Waals surface area contributed by atoms with E-state index in [0.29, 0.717) is 17.3 Å². The highest BCUT2D eigenvalue weighted by Gasteiger charge is 2.23. The van der Waals surface area contributed by atoms with Crippen molar-refractivity contribution in [3.8, 4) is 22.6 Å². The normalized spacial score (nSPS) is 14.0. The number of ether oxygens (including phenoxy) is 1. The number of benzene rings is 3. The van der Waals surface area contributed by atoms with E-state index in [0.717, 1.165) is 60.5 Å². The van der Waals surface area contributed by atoms with Crippen molar-refractivity contribution in [1.82, 2.24) is 14.5 Å². The Morgan fingerprint density at radius 1 is 0.875 bits per heavy atom. The Morgan fingerprint density at radius 3 is 2.33 bits per heavy atom. The largest absolute Gasteiger partial charge is 0.496 e. The second-order valence-corrected chi connectivity index (χ2v) is 10.5. The maximum absolute atomic E-state index is 13.6. The molecule has 5 aromatic rings. The van der Waals surface area contributed by atoms with E-state index in [-0.39, 0.29) is 5.56 Å². The fraction of sp³-hybridized carbons (Fsp3) is 0.265. The van der Waals surface area contributed by atoms with Crippen molar-refractivity contribution < 1.29 is 4.74 Å². The smallest absolute Gasteiger partial charge is 0.257 e. The first kappa shape index (κ1) is 25.8. The molecule has 0 spiro atoms. The topological polar surface area (TPSA) is 60.3 Å². The molecule has 202 valence electrons. The van der Waals surface area contributed by atoms with Crippen LogP contribution in [0.5, 0.6) is 5.75 Å². The Morgan fingerprint density at radius 2 is 1.57 bits per heavy atom. The number of pyridine rings is 1. The number of para-hydroxylation sites is 2. The highest BCUT2D eigenvalue weighted by molar-refractivity contribution is 5.95. The summed E-state index contributed by atoms with van der Waals surface area (Å²) in [7, 11) is 1.64. The number of piperidine rings is 1. The Balaban J connectivity index is 1.30. The summed E-state index contributed by atoms with van der Waals surface area (Å²) < 4.78 is 7.32. The summed E-state index contributed by atoms with van der Waals surface area (Å²) >= 11 is 0. The van der Waals surface area contributed by atoms with Crippen molar-refractivity contribution in [1.29, 1.82) is 0 Å². The van der Waals surface area contributed by atoms with Crippen LogP contribution < -0.4 is 15.2 Å². The Bertz CT molecular complexity index is 1640. The van der Waals surface area contributed by atoms with Gasteiger partial charge >= 0.3 is 0 Å². The summed E-state index contributed by atoms with van der Waals surface area (Å²) in [4.78, 5) is 25.7. The maximum Gasteiger partial charge on any atom is 0.257 e. The van der Waals surface area contributed by atoms with Gasteiger partial charge in [0.25, 0.3) is 5.56 Å². The van der Waals surface area contributed by atoms with Gasteiger partial charge in [0.2, 0.25) is 5.95 Å². The van der Waals surface area contributed by atoms with Crippen molar-refractivity contribution in [2.24, 2.45) is 5.92 Å². The van der Waals surface area contributed by atoms with Gasteiger partial charge in [-0.25, -0.2) is 4.98 Å². The summed E-state index contributed by atoms with van der Waals surface area (Å²) in [5.74, 6) is 2.11. The molecule has 0 unspecified atom stereocenters. The molecule has 1 aliphatic rings. The molecule has 0 atom stereocenters. The molecule has 1 aliphatic heterocycles. The van der Waals surface area contributed by atoms with E-state index in [1.807, 2.05) is 60.8 Å². The SMILES string of the molecule is COc1ccccc1-c1cc(=O)n(-c2ccccc2)c2nc(N3CCC(CCCc4ccccc4)CC3)ncc12. The number of hydrogen-bond acceptors (Lipinski definition) is 5. The van der Waals surface area contributed by atoms with Crippen LogP contribution in [0.1, 0.15) is 31.2 Å². The number of aryl methyl sites for hydroxylation is 1. The van der Waals surface area contributed by atoms with Crippen LogP contribution in [0.25, 0.3) is 27.8 Å². The fourth-order valence-corrected chi connectivity index (χ4v) is 5.82. The lowest BCUT2D eigenvalue weighted by Crippen LogP contribution is -2.35. The lowest BCUT2D eigenvalue weighted by Gasteiger charge is -2.32. The van der Waals surface area contributed by atoms with Gasteiger partial charge in [0, 0.05) is 41.9 Å². The quantitative estimate of drug-likeness (QED) is 0.224. The predicted molar refractivity (Wildman–Crippen MR) is 161 cm³/mol. The molecule has 0 N–H and O–H groups in total. The molecule has 2 aromatic heterocycles. The molecular weight excluding hydrogens is 496 g/mol. The molecule has 0 bridgehead atoms. The lowest BCUT2D eigenvalue weighted by molar-refractivity contribution is 0.371. The molecule has 0 amide bonds. The number of aromatic nitrogens is 3. The second kappa shape index (κ2) is 11.7. The van der Waals surface area contributed by atoms with Crippen LogP contribution in [0, 0.1) is 5.92 Å². The van der Waals surface area contributed by atoms with E-state index in [1.165, 1.54) is 18.4 Å². The zero-order chi connectivity index (χ0) is 27.3. The summed E-state index contributed by atoms with van der Waals surface area (Å²) in [6.45, 7) is 1.84. The van der Waals surface area contributed by atoms with Gasteiger partial charge in [-0.05, 0) is 61.8 Å². The molecule has 1 saturated heterocycles. The van der Waals surface area contributed by atoms with Crippen LogP contribution in [0.3, 0.4) is 0 Å². The average Bonchev–Trinajstić information content (AvgIpc) is 3.01. The number of nitrogens with zero attached hydrogens (tertiary/aromatic N) is 4. The standard InChI is InChI=1S/C34H34N4O2/c1-40-31-18-9-8-17-28(31)29-23-32(39)38(27-15-6-3-7-16-27)33-30(29)24-35-34(36-33)37-21-19-26(20-22-37)14-10-13-25-11-4-2-5-12-25/h2-9,11-12,15-18,23-24,26H,10,13-14,19-22H2,1H3. The van der Waals surface area contributed by atoms with Crippen LogP contribution in [0.4, 0.5) is 5.95 Å². The zero-order valence-electron chi connectivity index (χ0n) is 22.9. The van der Waals surface area contributed by atoms with Crippen LogP contribution in [-0.4, -0.2) is 34.7 Å².